The molecule has 0 radical (unpaired) electrons. The molecule has 0 aliphatic carbocycles. The summed E-state index contributed by atoms with van der Waals surface area (Å²) in [6.07, 6.45) is -0.257. The number of ether oxygens (including phenoxy) is 1. The van der Waals surface area contributed by atoms with E-state index in [0.29, 0.717) is 22.8 Å². The van der Waals surface area contributed by atoms with Crippen molar-refractivity contribution in [1.29, 1.82) is 0 Å². The molecule has 1 unspecified atom stereocenters. The number of halogens is 1. The highest BCUT2D eigenvalue weighted by Crippen LogP contribution is 2.30. The van der Waals surface area contributed by atoms with Gasteiger partial charge in [0.1, 0.15) is 5.75 Å². The van der Waals surface area contributed by atoms with Crippen LogP contribution in [0.1, 0.15) is 15.9 Å². The van der Waals surface area contributed by atoms with Crippen LogP contribution in [0.2, 0.25) is 5.02 Å². The van der Waals surface area contributed by atoms with E-state index in [0.717, 1.165) is 5.56 Å². The van der Waals surface area contributed by atoms with Gasteiger partial charge in [-0.15, -0.1) is 0 Å². The van der Waals surface area contributed by atoms with Gasteiger partial charge in [0.25, 0.3) is 11.8 Å². The Morgan fingerprint density at radius 2 is 1.86 bits per heavy atom. The Hall–Kier alpha value is -2.53. The average molecular weight is 317 g/mol. The maximum atomic E-state index is 12.1. The number of hydrogen-bond acceptors (Lipinski definition) is 3. The van der Waals surface area contributed by atoms with Gasteiger partial charge in [0.15, 0.2) is 6.10 Å². The van der Waals surface area contributed by atoms with Crippen LogP contribution in [0.15, 0.2) is 48.5 Å². The third-order valence-corrected chi connectivity index (χ3v) is 3.56. The molecule has 0 bridgehead atoms. The Balaban J connectivity index is 1.57. The molecule has 112 valence electrons. The number of hydrogen-bond donors (Lipinski definition) is 2. The number of hydrazine groups is 1. The molecule has 1 heterocycles. The summed E-state index contributed by atoms with van der Waals surface area (Å²) in [5.41, 5.74) is 6.09. The van der Waals surface area contributed by atoms with Crippen LogP contribution >= 0.6 is 11.6 Å². The van der Waals surface area contributed by atoms with Crippen molar-refractivity contribution >= 4 is 23.4 Å². The fourth-order valence-corrected chi connectivity index (χ4v) is 2.42. The fraction of sp³-hybridized carbons (Fsp3) is 0.125. The summed E-state index contributed by atoms with van der Waals surface area (Å²) in [7, 11) is 0. The standard InChI is InChI=1S/C16H13ClN2O3/c17-12-6-7-13-11(8-12)9-14(22-13)16(21)19-18-15(20)10-4-2-1-3-5-10/h1-8,14H,9H2,(H,18,20)(H,19,21). The lowest BCUT2D eigenvalue weighted by Crippen LogP contribution is -2.47. The lowest BCUT2D eigenvalue weighted by Gasteiger charge is -2.12. The van der Waals surface area contributed by atoms with E-state index >= 15 is 0 Å². The molecule has 1 aliphatic rings. The fourth-order valence-electron chi connectivity index (χ4n) is 2.22. The largest absolute Gasteiger partial charge is 0.480 e. The molecule has 0 spiro atoms. The maximum absolute atomic E-state index is 12.1. The molecule has 2 aromatic rings. The lowest BCUT2D eigenvalue weighted by molar-refractivity contribution is -0.128. The topological polar surface area (TPSA) is 67.4 Å². The maximum Gasteiger partial charge on any atom is 0.279 e. The number of benzene rings is 2. The summed E-state index contributed by atoms with van der Waals surface area (Å²) in [4.78, 5) is 23.9. The summed E-state index contributed by atoms with van der Waals surface area (Å²) in [5, 5.41) is 0.598. The number of nitrogens with one attached hydrogen (secondary N) is 2. The van der Waals surface area contributed by atoms with E-state index in [2.05, 4.69) is 10.9 Å². The molecule has 6 heteroatoms. The van der Waals surface area contributed by atoms with Gasteiger partial charge in [-0.2, -0.15) is 0 Å². The van der Waals surface area contributed by atoms with E-state index in [9.17, 15) is 9.59 Å². The minimum Gasteiger partial charge on any atom is -0.480 e. The molecule has 0 saturated heterocycles. The van der Waals surface area contributed by atoms with Gasteiger partial charge in [-0.3, -0.25) is 20.4 Å². The van der Waals surface area contributed by atoms with Gasteiger partial charge in [0.05, 0.1) is 0 Å². The molecule has 0 saturated carbocycles. The van der Waals surface area contributed by atoms with Crippen LogP contribution in [0.25, 0.3) is 0 Å². The van der Waals surface area contributed by atoms with E-state index in [-0.39, 0.29) is 5.91 Å². The molecule has 0 aromatic heterocycles. The highest BCUT2D eigenvalue weighted by Gasteiger charge is 2.29. The smallest absolute Gasteiger partial charge is 0.279 e. The minimum absolute atomic E-state index is 0.382. The molecule has 2 amide bonds. The van der Waals surface area contributed by atoms with Crippen LogP contribution in [0.3, 0.4) is 0 Å². The van der Waals surface area contributed by atoms with Crippen molar-refractivity contribution in [2.24, 2.45) is 0 Å². The van der Waals surface area contributed by atoms with Crippen LogP contribution < -0.4 is 15.6 Å². The van der Waals surface area contributed by atoms with Gasteiger partial charge < -0.3 is 4.74 Å². The molecule has 2 N–H and O–H groups in total. The summed E-state index contributed by atoms with van der Waals surface area (Å²) in [6, 6.07) is 13.8. The van der Waals surface area contributed by atoms with Gasteiger partial charge >= 0.3 is 0 Å². The first-order valence-electron chi connectivity index (χ1n) is 6.74. The Morgan fingerprint density at radius 1 is 1.09 bits per heavy atom. The number of fused-ring (bicyclic) bond motifs is 1. The number of rotatable bonds is 2. The van der Waals surface area contributed by atoms with Crippen LogP contribution in [0, 0.1) is 0 Å². The van der Waals surface area contributed by atoms with Crippen LogP contribution in [0.5, 0.6) is 5.75 Å². The van der Waals surface area contributed by atoms with Crippen molar-refractivity contribution in [3.8, 4) is 5.75 Å². The molecule has 1 aliphatic heterocycles. The summed E-state index contributed by atoms with van der Waals surface area (Å²) in [6.45, 7) is 0. The van der Waals surface area contributed by atoms with Crippen molar-refractivity contribution in [3.05, 3.63) is 64.7 Å². The van der Waals surface area contributed by atoms with Gasteiger partial charge in [-0.1, -0.05) is 29.8 Å². The van der Waals surface area contributed by atoms with Gasteiger partial charge in [-0.25, -0.2) is 0 Å². The second-order valence-electron chi connectivity index (χ2n) is 4.87. The van der Waals surface area contributed by atoms with Crippen LogP contribution in [0.4, 0.5) is 0 Å². The SMILES string of the molecule is O=C(NNC(=O)C1Cc2cc(Cl)ccc2O1)c1ccccc1. The molecular formula is C16H13ClN2O3. The zero-order valence-electron chi connectivity index (χ0n) is 11.5. The molecule has 2 aromatic carbocycles. The zero-order chi connectivity index (χ0) is 15.5. The normalized spacial score (nSPS) is 15.6. The molecule has 5 nitrogen and oxygen atoms in total. The van der Waals surface area contributed by atoms with Gasteiger partial charge in [-0.05, 0) is 35.9 Å². The van der Waals surface area contributed by atoms with Gasteiger partial charge in [0.2, 0.25) is 0 Å². The molecule has 1 atom stereocenters. The van der Waals surface area contributed by atoms with E-state index < -0.39 is 12.0 Å². The van der Waals surface area contributed by atoms with E-state index in [1.807, 2.05) is 6.07 Å². The lowest BCUT2D eigenvalue weighted by atomic mass is 10.1. The Kier molecular flexibility index (Phi) is 3.98. The van der Waals surface area contributed by atoms with E-state index in [1.54, 1.807) is 42.5 Å². The molecule has 3 rings (SSSR count). The van der Waals surface area contributed by atoms with Crippen molar-refractivity contribution < 1.29 is 14.3 Å². The van der Waals surface area contributed by atoms with E-state index in [1.165, 1.54) is 0 Å². The van der Waals surface area contributed by atoms with Crippen LogP contribution in [-0.2, 0) is 11.2 Å². The van der Waals surface area contributed by atoms with Crippen LogP contribution in [-0.4, -0.2) is 17.9 Å². The van der Waals surface area contributed by atoms with E-state index in [4.69, 9.17) is 16.3 Å². The van der Waals surface area contributed by atoms with Crippen molar-refractivity contribution in [1.82, 2.24) is 10.9 Å². The highest BCUT2D eigenvalue weighted by molar-refractivity contribution is 6.30. The Labute approximate surface area is 132 Å². The Bertz CT molecular complexity index is 719. The average Bonchev–Trinajstić information content (AvgIpc) is 2.96. The monoisotopic (exact) mass is 316 g/mol. The first kappa shape index (κ1) is 14.4. The highest BCUT2D eigenvalue weighted by atomic mass is 35.5. The third kappa shape index (κ3) is 3.04. The first-order valence-corrected chi connectivity index (χ1v) is 7.11. The second kappa shape index (κ2) is 6.07. The van der Waals surface area contributed by atoms with Gasteiger partial charge in [0, 0.05) is 17.0 Å². The zero-order valence-corrected chi connectivity index (χ0v) is 12.3. The van der Waals surface area contributed by atoms with Crippen molar-refractivity contribution in [2.45, 2.75) is 12.5 Å². The molecule has 0 fully saturated rings. The quantitative estimate of drug-likeness (QED) is 0.834. The summed E-state index contributed by atoms with van der Waals surface area (Å²) in [5.74, 6) is -0.150. The molecule has 22 heavy (non-hydrogen) atoms. The number of carbonyl (C=O) groups is 2. The minimum atomic E-state index is -0.676. The third-order valence-electron chi connectivity index (χ3n) is 3.32. The molecular weight excluding hydrogens is 304 g/mol. The van der Waals surface area contributed by atoms with Crippen molar-refractivity contribution in [3.63, 3.8) is 0 Å². The predicted octanol–water partition coefficient (Wildman–Crippen LogP) is 2.10. The number of amides is 2. The second-order valence-corrected chi connectivity index (χ2v) is 5.31. The summed E-state index contributed by atoms with van der Waals surface area (Å²) >= 11 is 5.91. The number of carbonyl (C=O) groups excluding carboxylic acids is 2. The van der Waals surface area contributed by atoms with Crippen molar-refractivity contribution in [2.75, 3.05) is 0 Å². The predicted molar refractivity (Wildman–Crippen MR) is 81.6 cm³/mol. The first-order chi connectivity index (χ1) is 10.6. The Morgan fingerprint density at radius 3 is 2.64 bits per heavy atom. The summed E-state index contributed by atoms with van der Waals surface area (Å²) < 4.78 is 5.54.